The SMILES string of the molecule is CC1CCN(NC(=O)OCc2ccccc2)C1=O. The van der Waals surface area contributed by atoms with E-state index in [1.165, 1.54) is 5.01 Å². The van der Waals surface area contributed by atoms with Gasteiger partial charge in [0.2, 0.25) is 5.91 Å². The number of hydrogen-bond donors (Lipinski definition) is 1. The predicted octanol–water partition coefficient (Wildman–Crippen LogP) is 1.70. The van der Waals surface area contributed by atoms with Gasteiger partial charge in [-0.3, -0.25) is 9.80 Å². The van der Waals surface area contributed by atoms with Gasteiger partial charge in [0.1, 0.15) is 6.61 Å². The molecule has 1 unspecified atom stereocenters. The maximum atomic E-state index is 11.6. The fourth-order valence-electron chi connectivity index (χ4n) is 1.80. The molecule has 96 valence electrons. The molecule has 1 aliphatic rings. The van der Waals surface area contributed by atoms with Crippen molar-refractivity contribution in [3.63, 3.8) is 0 Å². The number of amides is 2. The van der Waals surface area contributed by atoms with Crippen molar-refractivity contribution in [3.8, 4) is 0 Å². The molecule has 0 aliphatic carbocycles. The summed E-state index contributed by atoms with van der Waals surface area (Å²) in [6.07, 6.45) is 0.166. The van der Waals surface area contributed by atoms with E-state index < -0.39 is 6.09 Å². The lowest BCUT2D eigenvalue weighted by molar-refractivity contribution is -0.132. The normalized spacial score (nSPS) is 18.8. The second kappa shape index (κ2) is 5.53. The summed E-state index contributed by atoms with van der Waals surface area (Å²) < 4.78 is 5.03. The van der Waals surface area contributed by atoms with Crippen LogP contribution in [0.2, 0.25) is 0 Å². The minimum atomic E-state index is -0.596. The van der Waals surface area contributed by atoms with E-state index in [2.05, 4.69) is 5.43 Å². The van der Waals surface area contributed by atoms with E-state index in [9.17, 15) is 9.59 Å². The lowest BCUT2D eigenvalue weighted by atomic mass is 10.1. The Morgan fingerprint density at radius 1 is 1.44 bits per heavy atom. The Bertz CT molecular complexity index is 433. The van der Waals surface area contributed by atoms with Gasteiger partial charge in [-0.2, -0.15) is 0 Å². The van der Waals surface area contributed by atoms with Crippen LogP contribution in [0.15, 0.2) is 30.3 Å². The second-order valence-corrected chi connectivity index (χ2v) is 4.35. The van der Waals surface area contributed by atoms with Crippen LogP contribution in [0.1, 0.15) is 18.9 Å². The summed E-state index contributed by atoms with van der Waals surface area (Å²) in [5, 5.41) is 1.32. The van der Waals surface area contributed by atoms with Crippen LogP contribution in [-0.4, -0.2) is 23.6 Å². The molecule has 1 heterocycles. The van der Waals surface area contributed by atoms with E-state index >= 15 is 0 Å². The minimum Gasteiger partial charge on any atom is -0.443 e. The van der Waals surface area contributed by atoms with Crippen LogP contribution in [0, 0.1) is 5.92 Å². The molecule has 0 saturated carbocycles. The van der Waals surface area contributed by atoms with Crippen molar-refractivity contribution >= 4 is 12.0 Å². The van der Waals surface area contributed by atoms with Crippen molar-refractivity contribution in [3.05, 3.63) is 35.9 Å². The van der Waals surface area contributed by atoms with E-state index in [-0.39, 0.29) is 18.4 Å². The van der Waals surface area contributed by atoms with Crippen LogP contribution in [0.25, 0.3) is 0 Å². The molecular formula is C13H16N2O3. The van der Waals surface area contributed by atoms with E-state index in [1.54, 1.807) is 0 Å². The van der Waals surface area contributed by atoms with E-state index in [0.717, 1.165) is 12.0 Å². The first-order chi connectivity index (χ1) is 8.66. The number of ether oxygens (including phenoxy) is 1. The van der Waals surface area contributed by atoms with Gasteiger partial charge in [0.15, 0.2) is 0 Å². The topological polar surface area (TPSA) is 58.6 Å². The van der Waals surface area contributed by atoms with E-state index in [1.807, 2.05) is 37.3 Å². The zero-order valence-corrected chi connectivity index (χ0v) is 10.3. The van der Waals surface area contributed by atoms with Crippen LogP contribution >= 0.6 is 0 Å². The Balaban J connectivity index is 1.78. The molecule has 2 rings (SSSR count). The van der Waals surface area contributed by atoms with Gasteiger partial charge in [0, 0.05) is 12.5 Å². The Hall–Kier alpha value is -2.04. The zero-order chi connectivity index (χ0) is 13.0. The molecule has 0 spiro atoms. The minimum absolute atomic E-state index is 0.0283. The summed E-state index contributed by atoms with van der Waals surface area (Å²) in [6, 6.07) is 9.39. The molecule has 18 heavy (non-hydrogen) atoms. The first-order valence-corrected chi connectivity index (χ1v) is 5.95. The Kier molecular flexibility index (Phi) is 3.82. The Morgan fingerprint density at radius 2 is 2.17 bits per heavy atom. The smallest absolute Gasteiger partial charge is 0.426 e. The second-order valence-electron chi connectivity index (χ2n) is 4.35. The van der Waals surface area contributed by atoms with Crippen molar-refractivity contribution in [2.75, 3.05) is 6.54 Å². The molecule has 1 N–H and O–H groups in total. The van der Waals surface area contributed by atoms with Crippen molar-refractivity contribution in [2.24, 2.45) is 5.92 Å². The molecule has 5 heteroatoms. The van der Waals surface area contributed by atoms with E-state index in [4.69, 9.17) is 4.74 Å². The van der Waals surface area contributed by atoms with Crippen molar-refractivity contribution in [1.29, 1.82) is 0 Å². The first-order valence-electron chi connectivity index (χ1n) is 5.95. The number of hydrazine groups is 1. The zero-order valence-electron chi connectivity index (χ0n) is 10.3. The van der Waals surface area contributed by atoms with Crippen LogP contribution in [0.5, 0.6) is 0 Å². The molecule has 1 aromatic carbocycles. The summed E-state index contributed by atoms with van der Waals surface area (Å²) in [6.45, 7) is 2.59. The highest BCUT2D eigenvalue weighted by Gasteiger charge is 2.29. The maximum absolute atomic E-state index is 11.6. The molecular weight excluding hydrogens is 232 g/mol. The van der Waals surface area contributed by atoms with Crippen LogP contribution in [0.3, 0.4) is 0 Å². The highest BCUT2D eigenvalue weighted by atomic mass is 16.6. The summed E-state index contributed by atoms with van der Waals surface area (Å²) in [5.74, 6) is -0.0916. The van der Waals surface area contributed by atoms with Gasteiger partial charge in [-0.15, -0.1) is 0 Å². The lowest BCUT2D eigenvalue weighted by Gasteiger charge is -2.16. The van der Waals surface area contributed by atoms with Crippen molar-refractivity contribution in [2.45, 2.75) is 20.0 Å². The number of nitrogens with zero attached hydrogens (tertiary/aromatic N) is 1. The fraction of sp³-hybridized carbons (Fsp3) is 0.385. The Morgan fingerprint density at radius 3 is 2.78 bits per heavy atom. The third-order valence-corrected chi connectivity index (χ3v) is 2.91. The maximum Gasteiger partial charge on any atom is 0.426 e. The summed E-state index contributed by atoms with van der Waals surface area (Å²) in [7, 11) is 0. The van der Waals surface area contributed by atoms with Crippen molar-refractivity contribution in [1.82, 2.24) is 10.4 Å². The third kappa shape index (κ3) is 3.00. The summed E-state index contributed by atoms with van der Waals surface area (Å²) >= 11 is 0. The summed E-state index contributed by atoms with van der Waals surface area (Å²) in [4.78, 5) is 23.1. The first kappa shape index (κ1) is 12.4. The van der Waals surface area contributed by atoms with Gasteiger partial charge in [-0.25, -0.2) is 10.2 Å². The van der Waals surface area contributed by atoms with Crippen LogP contribution in [0.4, 0.5) is 4.79 Å². The molecule has 2 amide bonds. The standard InChI is InChI=1S/C13H16N2O3/c1-10-7-8-15(12(10)16)14-13(17)18-9-11-5-3-2-4-6-11/h2-6,10H,7-9H2,1H3,(H,14,17). The van der Waals surface area contributed by atoms with Gasteiger partial charge in [0.25, 0.3) is 0 Å². The number of carbonyl (C=O) groups excluding carboxylic acids is 2. The van der Waals surface area contributed by atoms with Crippen LogP contribution < -0.4 is 5.43 Å². The highest BCUT2D eigenvalue weighted by molar-refractivity contribution is 5.82. The van der Waals surface area contributed by atoms with Gasteiger partial charge in [-0.05, 0) is 12.0 Å². The largest absolute Gasteiger partial charge is 0.443 e. The number of nitrogens with one attached hydrogen (secondary N) is 1. The average molecular weight is 248 g/mol. The molecule has 0 aromatic heterocycles. The number of hydrogen-bond acceptors (Lipinski definition) is 3. The van der Waals surface area contributed by atoms with Crippen molar-refractivity contribution < 1.29 is 14.3 Å². The van der Waals surface area contributed by atoms with Gasteiger partial charge in [-0.1, -0.05) is 37.3 Å². The number of benzene rings is 1. The molecule has 1 aliphatic heterocycles. The van der Waals surface area contributed by atoms with Crippen LogP contribution in [-0.2, 0) is 16.1 Å². The van der Waals surface area contributed by atoms with E-state index in [0.29, 0.717) is 6.54 Å². The van der Waals surface area contributed by atoms with Gasteiger partial charge < -0.3 is 4.74 Å². The highest BCUT2D eigenvalue weighted by Crippen LogP contribution is 2.14. The summed E-state index contributed by atoms with van der Waals surface area (Å²) in [5.41, 5.74) is 3.36. The quantitative estimate of drug-likeness (QED) is 0.885. The fourth-order valence-corrected chi connectivity index (χ4v) is 1.80. The lowest BCUT2D eigenvalue weighted by Crippen LogP contribution is -2.43. The van der Waals surface area contributed by atoms with Gasteiger partial charge in [0.05, 0.1) is 0 Å². The molecule has 1 fully saturated rings. The van der Waals surface area contributed by atoms with Gasteiger partial charge >= 0.3 is 6.09 Å². The predicted molar refractivity (Wildman–Crippen MR) is 65.3 cm³/mol. The molecule has 1 aromatic rings. The Labute approximate surface area is 106 Å². The monoisotopic (exact) mass is 248 g/mol. The average Bonchev–Trinajstić information content (AvgIpc) is 2.70. The number of carbonyl (C=O) groups is 2. The molecule has 1 saturated heterocycles. The third-order valence-electron chi connectivity index (χ3n) is 2.91. The molecule has 5 nitrogen and oxygen atoms in total. The molecule has 0 radical (unpaired) electrons. The number of rotatable bonds is 3. The molecule has 0 bridgehead atoms. The molecule has 1 atom stereocenters.